The number of carbonyl (C=O) groups is 1. The predicted octanol–water partition coefficient (Wildman–Crippen LogP) is 2.77. The van der Waals surface area contributed by atoms with Crippen LogP contribution in [-0.2, 0) is 16.1 Å². The lowest BCUT2D eigenvalue weighted by Gasteiger charge is -2.23. The molecule has 3 aromatic rings. The Balaban J connectivity index is 1.36. The Morgan fingerprint density at radius 3 is 3.11 bits per heavy atom. The molecule has 2 aromatic heterocycles. The maximum Gasteiger partial charge on any atom is 0.233 e. The van der Waals surface area contributed by atoms with Crippen molar-refractivity contribution in [2.45, 2.75) is 43.6 Å². The van der Waals surface area contributed by atoms with Crippen molar-refractivity contribution in [1.82, 2.24) is 30.1 Å². The third-order valence-electron chi connectivity index (χ3n) is 4.87. The number of amides is 1. The number of hydrogen-bond acceptors (Lipinski definition) is 8. The van der Waals surface area contributed by atoms with E-state index in [-0.39, 0.29) is 23.8 Å². The number of rotatable bonds is 7. The van der Waals surface area contributed by atoms with Crippen molar-refractivity contribution in [2.24, 2.45) is 0 Å². The first kappa shape index (κ1) is 19.3. The molecule has 0 bridgehead atoms. The molecule has 0 saturated carbocycles. The Kier molecular flexibility index (Phi) is 5.88. The predicted molar refractivity (Wildman–Crippen MR) is 108 cm³/mol. The van der Waals surface area contributed by atoms with Gasteiger partial charge in [-0.2, -0.15) is 0 Å². The fourth-order valence-corrected chi connectivity index (χ4v) is 4.95. The van der Waals surface area contributed by atoms with Crippen LogP contribution < -0.4 is 0 Å². The van der Waals surface area contributed by atoms with Gasteiger partial charge in [0.25, 0.3) is 0 Å². The molecule has 3 heterocycles. The molecule has 1 aromatic carbocycles. The SMILES string of the molecule is CC(c1nc2ccccc2s1)N(C)C(=O)CSc1nnnn1CC1CCCO1. The number of ether oxygens (including phenoxy) is 1. The molecule has 1 saturated heterocycles. The summed E-state index contributed by atoms with van der Waals surface area (Å²) in [6.45, 7) is 3.42. The zero-order valence-corrected chi connectivity index (χ0v) is 17.4. The fraction of sp³-hybridized carbons (Fsp3) is 0.500. The van der Waals surface area contributed by atoms with Gasteiger partial charge in [-0.15, -0.1) is 16.4 Å². The Morgan fingerprint density at radius 2 is 2.32 bits per heavy atom. The molecule has 10 heteroatoms. The Labute approximate surface area is 171 Å². The normalized spacial score (nSPS) is 17.9. The smallest absolute Gasteiger partial charge is 0.233 e. The van der Waals surface area contributed by atoms with Crippen LogP contribution in [0.25, 0.3) is 10.2 Å². The summed E-state index contributed by atoms with van der Waals surface area (Å²) in [6.07, 6.45) is 2.24. The first-order valence-corrected chi connectivity index (χ1v) is 11.0. The number of hydrogen-bond donors (Lipinski definition) is 0. The summed E-state index contributed by atoms with van der Waals surface area (Å²) >= 11 is 2.98. The van der Waals surface area contributed by atoms with Crippen molar-refractivity contribution >= 4 is 39.2 Å². The molecule has 0 aliphatic carbocycles. The standard InChI is InChI=1S/C18H22N6O2S2/c1-12(17-19-14-7-3-4-8-15(14)28-17)23(2)16(25)11-27-18-20-21-22-24(18)10-13-6-5-9-26-13/h3-4,7-8,12-13H,5-6,9-11H2,1-2H3. The third kappa shape index (κ3) is 4.18. The van der Waals surface area contributed by atoms with Gasteiger partial charge in [0, 0.05) is 13.7 Å². The number of aromatic nitrogens is 5. The molecular formula is C18H22N6O2S2. The number of benzene rings is 1. The molecule has 148 valence electrons. The van der Waals surface area contributed by atoms with Crippen LogP contribution in [0.5, 0.6) is 0 Å². The van der Waals surface area contributed by atoms with E-state index < -0.39 is 0 Å². The number of thioether (sulfide) groups is 1. The van der Waals surface area contributed by atoms with E-state index >= 15 is 0 Å². The number of nitrogens with zero attached hydrogens (tertiary/aromatic N) is 6. The number of carbonyl (C=O) groups excluding carboxylic acids is 1. The van der Waals surface area contributed by atoms with E-state index in [0.29, 0.717) is 11.7 Å². The van der Waals surface area contributed by atoms with Gasteiger partial charge in [-0.05, 0) is 42.3 Å². The summed E-state index contributed by atoms with van der Waals surface area (Å²) in [5.74, 6) is 0.292. The van der Waals surface area contributed by atoms with Crippen molar-refractivity contribution in [2.75, 3.05) is 19.4 Å². The summed E-state index contributed by atoms with van der Waals surface area (Å²) < 4.78 is 8.50. The number of thiazole rings is 1. The fourth-order valence-electron chi connectivity index (χ4n) is 3.07. The number of tetrazole rings is 1. The van der Waals surface area contributed by atoms with Crippen LogP contribution in [0.2, 0.25) is 0 Å². The lowest BCUT2D eigenvalue weighted by molar-refractivity contribution is -0.128. The molecule has 0 N–H and O–H groups in total. The first-order valence-electron chi connectivity index (χ1n) is 9.23. The van der Waals surface area contributed by atoms with Crippen LogP contribution in [-0.4, -0.2) is 61.5 Å². The molecular weight excluding hydrogens is 396 g/mol. The highest BCUT2D eigenvalue weighted by molar-refractivity contribution is 7.99. The van der Waals surface area contributed by atoms with Gasteiger partial charge in [0.15, 0.2) is 0 Å². The quantitative estimate of drug-likeness (QED) is 0.545. The molecule has 2 atom stereocenters. The van der Waals surface area contributed by atoms with E-state index in [9.17, 15) is 4.79 Å². The van der Waals surface area contributed by atoms with Crippen molar-refractivity contribution in [1.29, 1.82) is 0 Å². The summed E-state index contributed by atoms with van der Waals surface area (Å²) in [7, 11) is 1.81. The highest BCUT2D eigenvalue weighted by atomic mass is 32.2. The largest absolute Gasteiger partial charge is 0.376 e. The number of para-hydroxylation sites is 1. The van der Waals surface area contributed by atoms with Crippen LogP contribution in [0.3, 0.4) is 0 Å². The minimum atomic E-state index is -0.0895. The Bertz CT molecular complexity index is 919. The zero-order valence-electron chi connectivity index (χ0n) is 15.8. The average Bonchev–Trinajstić information content (AvgIpc) is 3.46. The van der Waals surface area contributed by atoms with Crippen LogP contribution in [0, 0.1) is 0 Å². The average molecular weight is 419 g/mol. The van der Waals surface area contributed by atoms with Gasteiger partial charge in [-0.3, -0.25) is 4.79 Å². The van der Waals surface area contributed by atoms with E-state index in [1.165, 1.54) is 11.8 Å². The van der Waals surface area contributed by atoms with Crippen LogP contribution >= 0.6 is 23.1 Å². The summed E-state index contributed by atoms with van der Waals surface area (Å²) in [6, 6.07) is 7.93. The van der Waals surface area contributed by atoms with E-state index in [0.717, 1.165) is 34.7 Å². The van der Waals surface area contributed by atoms with E-state index in [2.05, 4.69) is 26.6 Å². The van der Waals surface area contributed by atoms with E-state index in [1.54, 1.807) is 20.9 Å². The Hall–Kier alpha value is -2.04. The van der Waals surface area contributed by atoms with Crippen molar-refractivity contribution in [3.8, 4) is 0 Å². The molecule has 0 spiro atoms. The highest BCUT2D eigenvalue weighted by Crippen LogP contribution is 2.29. The summed E-state index contributed by atoms with van der Waals surface area (Å²) in [5.41, 5.74) is 0.970. The molecule has 0 radical (unpaired) electrons. The van der Waals surface area contributed by atoms with E-state index in [1.807, 2.05) is 32.2 Å². The zero-order chi connectivity index (χ0) is 19.5. The Morgan fingerprint density at radius 1 is 1.46 bits per heavy atom. The van der Waals surface area contributed by atoms with Gasteiger partial charge in [0.05, 0.1) is 34.7 Å². The second-order valence-corrected chi connectivity index (χ2v) is 8.77. The molecule has 1 amide bonds. The molecule has 28 heavy (non-hydrogen) atoms. The van der Waals surface area contributed by atoms with Gasteiger partial charge in [-0.25, -0.2) is 9.67 Å². The van der Waals surface area contributed by atoms with Crippen LogP contribution in [0.15, 0.2) is 29.4 Å². The summed E-state index contributed by atoms with van der Waals surface area (Å²) in [4.78, 5) is 19.1. The lowest BCUT2D eigenvalue weighted by atomic mass is 10.2. The third-order valence-corrected chi connectivity index (χ3v) is 7.02. The van der Waals surface area contributed by atoms with Crippen LogP contribution in [0.1, 0.15) is 30.8 Å². The second kappa shape index (κ2) is 8.54. The molecule has 4 rings (SSSR count). The van der Waals surface area contributed by atoms with Gasteiger partial charge >= 0.3 is 0 Å². The molecule has 1 fully saturated rings. The first-order chi connectivity index (χ1) is 13.6. The van der Waals surface area contributed by atoms with Crippen LogP contribution in [0.4, 0.5) is 0 Å². The monoisotopic (exact) mass is 418 g/mol. The van der Waals surface area contributed by atoms with Gasteiger partial charge in [0.1, 0.15) is 5.01 Å². The molecule has 1 aliphatic rings. The molecule has 2 unspecified atom stereocenters. The van der Waals surface area contributed by atoms with Crippen molar-refractivity contribution < 1.29 is 9.53 Å². The molecule has 1 aliphatic heterocycles. The van der Waals surface area contributed by atoms with Crippen molar-refractivity contribution in [3.05, 3.63) is 29.3 Å². The minimum Gasteiger partial charge on any atom is -0.376 e. The van der Waals surface area contributed by atoms with Gasteiger partial charge in [-0.1, -0.05) is 23.9 Å². The number of fused-ring (bicyclic) bond motifs is 1. The second-order valence-electron chi connectivity index (χ2n) is 6.77. The highest BCUT2D eigenvalue weighted by Gasteiger charge is 2.23. The molecule has 8 nitrogen and oxygen atoms in total. The lowest BCUT2D eigenvalue weighted by Crippen LogP contribution is -2.31. The summed E-state index contributed by atoms with van der Waals surface area (Å²) in [5, 5.41) is 13.4. The maximum absolute atomic E-state index is 12.7. The topological polar surface area (TPSA) is 86.0 Å². The van der Waals surface area contributed by atoms with Gasteiger partial charge < -0.3 is 9.64 Å². The van der Waals surface area contributed by atoms with E-state index in [4.69, 9.17) is 4.74 Å². The maximum atomic E-state index is 12.7. The minimum absolute atomic E-state index is 0.0171. The van der Waals surface area contributed by atoms with Crippen molar-refractivity contribution in [3.63, 3.8) is 0 Å². The van der Waals surface area contributed by atoms with Gasteiger partial charge in [0.2, 0.25) is 11.1 Å².